The SMILES string of the molecule is c1cnn2c(-c3cc(NC4CCC4)c(-c4nnc(N5CC6CCC(C5)N6)s4)cn3)ccc2c1. The summed E-state index contributed by atoms with van der Waals surface area (Å²) in [4.78, 5) is 7.23. The van der Waals surface area contributed by atoms with E-state index in [0.29, 0.717) is 18.1 Å². The molecule has 2 bridgehead atoms. The molecule has 3 fully saturated rings. The molecule has 1 aliphatic carbocycles. The quantitative estimate of drug-likeness (QED) is 0.470. The molecule has 8 nitrogen and oxygen atoms in total. The summed E-state index contributed by atoms with van der Waals surface area (Å²) in [7, 11) is 0. The first-order valence-electron chi connectivity index (χ1n) is 11.8. The third kappa shape index (κ3) is 3.46. The number of aromatic nitrogens is 5. The molecule has 2 saturated heterocycles. The van der Waals surface area contributed by atoms with Gasteiger partial charge in [0.15, 0.2) is 5.01 Å². The summed E-state index contributed by atoms with van der Waals surface area (Å²) in [5, 5.41) is 23.1. The zero-order chi connectivity index (χ0) is 21.8. The third-order valence-electron chi connectivity index (χ3n) is 7.18. The maximum atomic E-state index is 4.83. The number of hydrogen-bond acceptors (Lipinski definition) is 8. The van der Waals surface area contributed by atoms with Gasteiger partial charge in [-0.1, -0.05) is 11.3 Å². The Morgan fingerprint density at radius 1 is 1.03 bits per heavy atom. The fourth-order valence-electron chi connectivity index (χ4n) is 5.20. The van der Waals surface area contributed by atoms with Gasteiger partial charge in [0.1, 0.15) is 0 Å². The van der Waals surface area contributed by atoms with Crippen LogP contribution < -0.4 is 15.5 Å². The van der Waals surface area contributed by atoms with E-state index in [4.69, 9.17) is 4.98 Å². The lowest BCUT2D eigenvalue weighted by Gasteiger charge is -2.32. The molecule has 0 radical (unpaired) electrons. The Labute approximate surface area is 196 Å². The van der Waals surface area contributed by atoms with Crippen LogP contribution in [0.4, 0.5) is 10.8 Å². The average molecular weight is 459 g/mol. The Morgan fingerprint density at radius 3 is 2.73 bits per heavy atom. The molecule has 2 aliphatic heterocycles. The van der Waals surface area contributed by atoms with Crippen molar-refractivity contribution in [3.8, 4) is 22.0 Å². The summed E-state index contributed by atoms with van der Waals surface area (Å²) in [6, 6.07) is 12.0. The number of fused-ring (bicyclic) bond motifs is 3. The van der Waals surface area contributed by atoms with Crippen molar-refractivity contribution < 1.29 is 0 Å². The van der Waals surface area contributed by atoms with Crippen molar-refractivity contribution in [3.63, 3.8) is 0 Å². The number of rotatable bonds is 5. The van der Waals surface area contributed by atoms with Crippen LogP contribution in [0.3, 0.4) is 0 Å². The Balaban J connectivity index is 1.24. The van der Waals surface area contributed by atoms with Crippen molar-refractivity contribution in [2.45, 2.75) is 50.2 Å². The lowest BCUT2D eigenvalue weighted by atomic mass is 9.92. The monoisotopic (exact) mass is 458 g/mol. The summed E-state index contributed by atoms with van der Waals surface area (Å²) >= 11 is 1.68. The smallest absolute Gasteiger partial charge is 0.208 e. The van der Waals surface area contributed by atoms with E-state index in [1.54, 1.807) is 11.3 Å². The number of nitrogens with one attached hydrogen (secondary N) is 2. The highest BCUT2D eigenvalue weighted by Crippen LogP contribution is 2.38. The second-order valence-electron chi connectivity index (χ2n) is 9.40. The molecule has 4 aromatic heterocycles. The van der Waals surface area contributed by atoms with Gasteiger partial charge in [-0.15, -0.1) is 10.2 Å². The van der Waals surface area contributed by atoms with E-state index in [2.05, 4.69) is 55.1 Å². The number of pyridine rings is 1. The van der Waals surface area contributed by atoms with Gasteiger partial charge in [0.05, 0.1) is 22.5 Å². The fraction of sp³-hybridized carbons (Fsp3) is 0.417. The van der Waals surface area contributed by atoms with Crippen LogP contribution >= 0.6 is 11.3 Å². The van der Waals surface area contributed by atoms with Crippen LogP contribution in [0.5, 0.6) is 0 Å². The lowest BCUT2D eigenvalue weighted by molar-refractivity contribution is 0.445. The van der Waals surface area contributed by atoms with Gasteiger partial charge >= 0.3 is 0 Å². The number of piperazine rings is 1. The van der Waals surface area contributed by atoms with Crippen LogP contribution in [-0.2, 0) is 0 Å². The zero-order valence-corrected chi connectivity index (χ0v) is 19.1. The summed E-state index contributed by atoms with van der Waals surface area (Å²) in [6.45, 7) is 2.04. The van der Waals surface area contributed by atoms with E-state index in [1.165, 1.54) is 32.1 Å². The zero-order valence-electron chi connectivity index (χ0n) is 18.3. The van der Waals surface area contributed by atoms with Crippen molar-refractivity contribution in [2.75, 3.05) is 23.3 Å². The highest BCUT2D eigenvalue weighted by molar-refractivity contribution is 7.18. The van der Waals surface area contributed by atoms with Crippen molar-refractivity contribution >= 4 is 27.7 Å². The van der Waals surface area contributed by atoms with Gasteiger partial charge in [-0.05, 0) is 62.4 Å². The molecule has 2 N–H and O–H groups in total. The van der Waals surface area contributed by atoms with Crippen LogP contribution in [-0.4, -0.2) is 56.0 Å². The average Bonchev–Trinajstić information content (AvgIpc) is 3.54. The van der Waals surface area contributed by atoms with E-state index >= 15 is 0 Å². The van der Waals surface area contributed by atoms with Crippen molar-refractivity contribution in [1.29, 1.82) is 0 Å². The molecule has 9 heteroatoms. The standard InChI is InChI=1S/C24H26N8S/c1-3-15(4-1)28-20-11-21(22-9-8-18-5-2-10-26-32(18)22)25-12-19(20)23-29-30-24(33-23)31-13-16-6-7-17(14-31)27-16/h2,5,8-12,15-17,27H,1,3-4,6-7,13-14H2,(H,25,28). The molecule has 168 valence electrons. The number of anilines is 2. The van der Waals surface area contributed by atoms with Crippen LogP contribution in [0.1, 0.15) is 32.1 Å². The van der Waals surface area contributed by atoms with Gasteiger partial charge in [-0.2, -0.15) is 5.10 Å². The summed E-state index contributed by atoms with van der Waals surface area (Å²) in [6.07, 6.45) is 9.98. The third-order valence-corrected chi connectivity index (χ3v) is 8.20. The molecule has 7 rings (SSSR count). The molecule has 0 spiro atoms. The lowest BCUT2D eigenvalue weighted by Crippen LogP contribution is -2.51. The highest BCUT2D eigenvalue weighted by atomic mass is 32.1. The number of hydrogen-bond donors (Lipinski definition) is 2. The Morgan fingerprint density at radius 2 is 1.91 bits per heavy atom. The van der Waals surface area contributed by atoms with Gasteiger partial charge in [-0.25, -0.2) is 4.52 Å². The summed E-state index contributed by atoms with van der Waals surface area (Å²) in [5.41, 5.74) is 5.07. The normalized spacial score (nSPS) is 22.6. The Kier molecular flexibility index (Phi) is 4.58. The predicted octanol–water partition coefficient (Wildman–Crippen LogP) is 3.82. The number of nitrogens with zero attached hydrogens (tertiary/aromatic N) is 6. The molecule has 0 amide bonds. The second kappa shape index (κ2) is 7.78. The molecule has 1 saturated carbocycles. The molecular formula is C24H26N8S. The summed E-state index contributed by atoms with van der Waals surface area (Å²) in [5.74, 6) is 0. The molecule has 33 heavy (non-hydrogen) atoms. The minimum Gasteiger partial charge on any atom is -0.382 e. The van der Waals surface area contributed by atoms with Crippen LogP contribution in [0.15, 0.2) is 42.7 Å². The van der Waals surface area contributed by atoms with Gasteiger partial charge in [0, 0.05) is 49.3 Å². The van der Waals surface area contributed by atoms with E-state index in [0.717, 1.165) is 51.4 Å². The first-order chi connectivity index (χ1) is 16.3. The van der Waals surface area contributed by atoms with E-state index in [9.17, 15) is 0 Å². The van der Waals surface area contributed by atoms with Crippen molar-refractivity contribution in [3.05, 3.63) is 42.7 Å². The fourth-order valence-corrected chi connectivity index (χ4v) is 6.09. The molecular weight excluding hydrogens is 432 g/mol. The van der Waals surface area contributed by atoms with Crippen LogP contribution in [0.25, 0.3) is 27.5 Å². The highest BCUT2D eigenvalue weighted by Gasteiger charge is 2.33. The van der Waals surface area contributed by atoms with Gasteiger partial charge in [0.25, 0.3) is 0 Å². The van der Waals surface area contributed by atoms with Crippen molar-refractivity contribution in [2.24, 2.45) is 0 Å². The first-order valence-corrected chi connectivity index (χ1v) is 12.7. The van der Waals surface area contributed by atoms with Gasteiger partial charge in [-0.3, -0.25) is 4.98 Å². The molecule has 3 aliphatic rings. The first kappa shape index (κ1) is 19.4. The predicted molar refractivity (Wildman–Crippen MR) is 131 cm³/mol. The molecule has 2 unspecified atom stereocenters. The maximum Gasteiger partial charge on any atom is 0.208 e. The minimum absolute atomic E-state index is 0.511. The van der Waals surface area contributed by atoms with Crippen molar-refractivity contribution in [1.82, 2.24) is 30.1 Å². The van der Waals surface area contributed by atoms with Crippen LogP contribution in [0, 0.1) is 0 Å². The topological polar surface area (TPSA) is 83.3 Å². The summed E-state index contributed by atoms with van der Waals surface area (Å²) < 4.78 is 1.94. The van der Waals surface area contributed by atoms with Gasteiger partial charge < -0.3 is 15.5 Å². The largest absolute Gasteiger partial charge is 0.382 e. The maximum absolute atomic E-state index is 4.83. The van der Waals surface area contributed by atoms with E-state index in [1.807, 2.05) is 23.0 Å². The molecule has 2 atom stereocenters. The Bertz CT molecular complexity index is 1300. The minimum atomic E-state index is 0.511. The molecule has 4 aromatic rings. The van der Waals surface area contributed by atoms with Gasteiger partial charge in [0.2, 0.25) is 5.13 Å². The second-order valence-corrected chi connectivity index (χ2v) is 10.4. The molecule has 6 heterocycles. The van der Waals surface area contributed by atoms with E-state index in [-0.39, 0.29) is 0 Å². The van der Waals surface area contributed by atoms with E-state index < -0.39 is 0 Å². The van der Waals surface area contributed by atoms with Crippen LogP contribution in [0.2, 0.25) is 0 Å². The molecule has 0 aromatic carbocycles. The Hall–Kier alpha value is -3.04.